The van der Waals surface area contributed by atoms with Crippen molar-refractivity contribution in [3.8, 4) is 5.75 Å². The highest BCUT2D eigenvalue weighted by Crippen LogP contribution is 2.37. The molecule has 80 valence electrons. The molecule has 0 saturated heterocycles. The Morgan fingerprint density at radius 2 is 1.88 bits per heavy atom. The molecule has 0 amide bonds. The second-order valence-electron chi connectivity index (χ2n) is 3.95. The predicted octanol–water partition coefficient (Wildman–Crippen LogP) is 1.80. The Morgan fingerprint density at radius 1 is 1.19 bits per heavy atom. The van der Waals surface area contributed by atoms with Gasteiger partial charge < -0.3 is 10.5 Å². The monoisotopic (exact) mass is 213 g/mol. The van der Waals surface area contributed by atoms with Gasteiger partial charge in [0.2, 0.25) is 0 Å². The Kier molecular flexibility index (Phi) is 1.94. The third-order valence-corrected chi connectivity index (χ3v) is 2.98. The van der Waals surface area contributed by atoms with E-state index in [1.165, 1.54) is 0 Å². The first-order valence-electron chi connectivity index (χ1n) is 5.24. The first kappa shape index (κ1) is 9.36. The lowest BCUT2D eigenvalue weighted by Gasteiger charge is -2.04. The van der Waals surface area contributed by atoms with Crippen LogP contribution < -0.4 is 10.5 Å². The molecule has 16 heavy (non-hydrogen) atoms. The van der Waals surface area contributed by atoms with E-state index in [4.69, 9.17) is 10.5 Å². The zero-order valence-corrected chi connectivity index (χ0v) is 8.64. The van der Waals surface area contributed by atoms with E-state index in [1.807, 2.05) is 36.4 Å². The van der Waals surface area contributed by atoms with Crippen molar-refractivity contribution in [2.75, 3.05) is 6.54 Å². The highest BCUT2D eigenvalue weighted by atomic mass is 16.5. The molecule has 0 radical (unpaired) electrons. The molecule has 0 saturated carbocycles. The van der Waals surface area contributed by atoms with Gasteiger partial charge in [-0.15, -0.1) is 0 Å². The summed E-state index contributed by atoms with van der Waals surface area (Å²) in [7, 11) is 0. The van der Waals surface area contributed by atoms with Gasteiger partial charge in [0.1, 0.15) is 5.75 Å². The van der Waals surface area contributed by atoms with Crippen LogP contribution in [0, 0.1) is 0 Å². The Morgan fingerprint density at radius 3 is 2.56 bits per heavy atom. The molecular formula is C13H11NO2. The molecule has 2 aromatic rings. The van der Waals surface area contributed by atoms with Crippen molar-refractivity contribution in [3.05, 3.63) is 42.0 Å². The fourth-order valence-electron chi connectivity index (χ4n) is 2.13. The number of hydrogen-bond donors (Lipinski definition) is 1. The van der Waals surface area contributed by atoms with Gasteiger partial charge >= 0.3 is 5.97 Å². The molecule has 0 spiro atoms. The molecule has 2 N–H and O–H groups in total. The van der Waals surface area contributed by atoms with E-state index >= 15 is 0 Å². The maximum Gasteiger partial charge on any atom is 0.320 e. The van der Waals surface area contributed by atoms with E-state index in [0.717, 1.165) is 16.3 Å². The van der Waals surface area contributed by atoms with Gasteiger partial charge in [0, 0.05) is 12.1 Å². The van der Waals surface area contributed by atoms with Crippen molar-refractivity contribution in [1.82, 2.24) is 0 Å². The number of hydrogen-bond acceptors (Lipinski definition) is 3. The van der Waals surface area contributed by atoms with Gasteiger partial charge in [-0.3, -0.25) is 4.79 Å². The summed E-state index contributed by atoms with van der Waals surface area (Å²) in [6.07, 6.45) is 0. The molecule has 0 aromatic heterocycles. The van der Waals surface area contributed by atoms with E-state index < -0.39 is 0 Å². The third-order valence-electron chi connectivity index (χ3n) is 2.98. The van der Waals surface area contributed by atoms with Crippen molar-refractivity contribution >= 4 is 16.7 Å². The number of benzene rings is 2. The fraction of sp³-hybridized carbons (Fsp3) is 0.154. The lowest BCUT2D eigenvalue weighted by molar-refractivity contribution is -0.133. The highest BCUT2D eigenvalue weighted by Gasteiger charge is 2.32. The van der Waals surface area contributed by atoms with Crippen LogP contribution in [0.25, 0.3) is 10.8 Å². The van der Waals surface area contributed by atoms with Gasteiger partial charge in [-0.2, -0.15) is 0 Å². The number of ether oxygens (including phenoxy) is 1. The molecule has 0 fully saturated rings. The Hall–Kier alpha value is -1.87. The maximum atomic E-state index is 11.5. The minimum atomic E-state index is -0.306. The predicted molar refractivity (Wildman–Crippen MR) is 61.4 cm³/mol. The molecule has 3 nitrogen and oxygen atoms in total. The summed E-state index contributed by atoms with van der Waals surface area (Å²) in [5.74, 6) is 0.103. The smallest absolute Gasteiger partial charge is 0.320 e. The zero-order valence-electron chi connectivity index (χ0n) is 8.64. The van der Waals surface area contributed by atoms with E-state index in [-0.39, 0.29) is 11.9 Å². The average molecular weight is 213 g/mol. The summed E-state index contributed by atoms with van der Waals surface area (Å²) >= 11 is 0. The minimum absolute atomic E-state index is 0.243. The molecule has 1 aliphatic rings. The summed E-state index contributed by atoms with van der Waals surface area (Å²) in [6.45, 7) is 0.296. The van der Waals surface area contributed by atoms with E-state index in [9.17, 15) is 4.79 Å². The second-order valence-corrected chi connectivity index (χ2v) is 3.95. The SMILES string of the molecule is NCC1C(=O)Oc2cc3ccccc3cc21. The molecular weight excluding hydrogens is 202 g/mol. The lowest BCUT2D eigenvalue weighted by Crippen LogP contribution is -2.19. The number of carbonyl (C=O) groups excluding carboxylic acids is 1. The summed E-state index contributed by atoms with van der Waals surface area (Å²) in [5, 5.41) is 2.18. The van der Waals surface area contributed by atoms with Crippen LogP contribution in [-0.2, 0) is 4.79 Å². The van der Waals surface area contributed by atoms with Gasteiger partial charge in [0.15, 0.2) is 0 Å². The van der Waals surface area contributed by atoms with Crippen molar-refractivity contribution in [3.63, 3.8) is 0 Å². The summed E-state index contributed by atoms with van der Waals surface area (Å²) < 4.78 is 5.20. The maximum absolute atomic E-state index is 11.5. The Bertz CT molecular complexity index is 577. The molecule has 2 aromatic carbocycles. The zero-order chi connectivity index (χ0) is 11.1. The van der Waals surface area contributed by atoms with Gasteiger partial charge in [-0.1, -0.05) is 24.3 Å². The average Bonchev–Trinajstić information content (AvgIpc) is 2.60. The van der Waals surface area contributed by atoms with E-state index in [2.05, 4.69) is 0 Å². The molecule has 0 bridgehead atoms. The normalized spacial score (nSPS) is 18.6. The van der Waals surface area contributed by atoms with Crippen LogP contribution in [0.15, 0.2) is 36.4 Å². The number of rotatable bonds is 1. The number of fused-ring (bicyclic) bond motifs is 2. The molecule has 1 aliphatic heterocycles. The van der Waals surface area contributed by atoms with E-state index in [0.29, 0.717) is 12.3 Å². The number of nitrogens with two attached hydrogens (primary N) is 1. The third kappa shape index (κ3) is 1.22. The minimum Gasteiger partial charge on any atom is -0.426 e. The first-order chi connectivity index (χ1) is 7.79. The van der Waals surface area contributed by atoms with Gasteiger partial charge in [0.05, 0.1) is 5.92 Å². The fourth-order valence-corrected chi connectivity index (χ4v) is 2.13. The first-order valence-corrected chi connectivity index (χ1v) is 5.24. The van der Waals surface area contributed by atoms with Crippen molar-refractivity contribution in [2.45, 2.75) is 5.92 Å². The number of carbonyl (C=O) groups is 1. The van der Waals surface area contributed by atoms with Crippen LogP contribution in [-0.4, -0.2) is 12.5 Å². The van der Waals surface area contributed by atoms with Crippen LogP contribution in [0.5, 0.6) is 5.75 Å². The van der Waals surface area contributed by atoms with Gasteiger partial charge in [-0.25, -0.2) is 0 Å². The topological polar surface area (TPSA) is 52.3 Å². The molecule has 3 rings (SSSR count). The van der Waals surface area contributed by atoms with Gasteiger partial charge in [-0.05, 0) is 22.9 Å². The van der Waals surface area contributed by atoms with Crippen LogP contribution in [0.2, 0.25) is 0 Å². The highest BCUT2D eigenvalue weighted by molar-refractivity contribution is 5.93. The van der Waals surface area contributed by atoms with E-state index in [1.54, 1.807) is 0 Å². The van der Waals surface area contributed by atoms with Crippen LogP contribution in [0.1, 0.15) is 11.5 Å². The molecule has 3 heteroatoms. The summed E-state index contributed by atoms with van der Waals surface area (Å²) in [4.78, 5) is 11.5. The Balaban J connectivity index is 2.26. The van der Waals surface area contributed by atoms with Crippen molar-refractivity contribution in [2.24, 2.45) is 5.73 Å². The quantitative estimate of drug-likeness (QED) is 0.580. The largest absolute Gasteiger partial charge is 0.426 e. The van der Waals surface area contributed by atoms with Crippen LogP contribution in [0.4, 0.5) is 0 Å². The van der Waals surface area contributed by atoms with Crippen molar-refractivity contribution in [1.29, 1.82) is 0 Å². The van der Waals surface area contributed by atoms with Crippen LogP contribution >= 0.6 is 0 Å². The van der Waals surface area contributed by atoms with Crippen LogP contribution in [0.3, 0.4) is 0 Å². The molecule has 0 aliphatic carbocycles. The summed E-state index contributed by atoms with van der Waals surface area (Å²) in [5.41, 5.74) is 6.49. The standard InChI is InChI=1S/C13H11NO2/c14-7-11-10-5-8-3-1-2-4-9(8)6-12(10)16-13(11)15/h1-6,11H,7,14H2. The Labute approximate surface area is 92.8 Å². The van der Waals surface area contributed by atoms with Crippen molar-refractivity contribution < 1.29 is 9.53 Å². The molecule has 1 atom stereocenters. The molecule has 1 unspecified atom stereocenters. The lowest BCUT2D eigenvalue weighted by atomic mass is 9.97. The molecule has 1 heterocycles. The second kappa shape index (κ2) is 3.32. The van der Waals surface area contributed by atoms with Gasteiger partial charge in [0.25, 0.3) is 0 Å². The summed E-state index contributed by atoms with van der Waals surface area (Å²) in [6, 6.07) is 11.9. The number of esters is 1.